The van der Waals surface area contributed by atoms with E-state index in [1.54, 1.807) is 11.8 Å². The Bertz CT molecular complexity index is 74.8. The molecule has 0 radical (unpaired) electrons. The van der Waals surface area contributed by atoms with Crippen molar-refractivity contribution in [1.29, 1.82) is 0 Å². The maximum atomic E-state index is 10.1. The van der Waals surface area contributed by atoms with Crippen molar-refractivity contribution >= 4 is 17.7 Å². The highest BCUT2D eigenvalue weighted by Crippen LogP contribution is 1.99. The number of primary amides is 1. The van der Waals surface area contributed by atoms with Crippen LogP contribution in [0.3, 0.4) is 0 Å². The molecule has 2 nitrogen and oxygen atoms in total. The zero-order chi connectivity index (χ0) is 6.41. The maximum absolute atomic E-state index is 10.1. The standard InChI is InChI=1S/C5H11NOS/c1-2-3-8-4-5(6)7/h2-4H2,1H3,(H2,6,7). The van der Waals surface area contributed by atoms with Crippen molar-refractivity contribution in [3.8, 4) is 0 Å². The highest BCUT2D eigenvalue weighted by atomic mass is 32.2. The van der Waals surface area contributed by atoms with Gasteiger partial charge in [0.2, 0.25) is 5.91 Å². The van der Waals surface area contributed by atoms with E-state index in [-0.39, 0.29) is 5.91 Å². The number of hydrogen-bond donors (Lipinski definition) is 1. The molecule has 0 unspecified atom stereocenters. The molecular formula is C5H11NOS. The van der Waals surface area contributed by atoms with Crippen LogP contribution in [-0.4, -0.2) is 17.4 Å². The van der Waals surface area contributed by atoms with E-state index in [1.165, 1.54) is 0 Å². The quantitative estimate of drug-likeness (QED) is 0.571. The Labute approximate surface area is 53.8 Å². The van der Waals surface area contributed by atoms with E-state index in [2.05, 4.69) is 6.92 Å². The summed E-state index contributed by atoms with van der Waals surface area (Å²) in [6, 6.07) is 0. The second-order valence-electron chi connectivity index (χ2n) is 1.52. The van der Waals surface area contributed by atoms with Crippen molar-refractivity contribution < 1.29 is 4.79 Å². The molecule has 1 amide bonds. The first kappa shape index (κ1) is 7.82. The normalized spacial score (nSPS) is 9.12. The third-order valence-electron chi connectivity index (χ3n) is 0.593. The van der Waals surface area contributed by atoms with Gasteiger partial charge < -0.3 is 5.73 Å². The lowest BCUT2D eigenvalue weighted by molar-refractivity contribution is -0.115. The second-order valence-corrected chi connectivity index (χ2v) is 2.62. The van der Waals surface area contributed by atoms with Crippen LogP contribution in [0.2, 0.25) is 0 Å². The number of thioether (sulfide) groups is 1. The largest absolute Gasteiger partial charge is 0.369 e. The van der Waals surface area contributed by atoms with Gasteiger partial charge in [-0.05, 0) is 12.2 Å². The van der Waals surface area contributed by atoms with Gasteiger partial charge in [0.05, 0.1) is 5.75 Å². The molecule has 0 aromatic rings. The number of carbonyl (C=O) groups excluding carboxylic acids is 1. The summed E-state index contributed by atoms with van der Waals surface area (Å²) in [5, 5.41) is 0. The Morgan fingerprint density at radius 3 is 2.75 bits per heavy atom. The van der Waals surface area contributed by atoms with E-state index < -0.39 is 0 Å². The maximum Gasteiger partial charge on any atom is 0.227 e. The Morgan fingerprint density at radius 1 is 1.75 bits per heavy atom. The lowest BCUT2D eigenvalue weighted by Gasteiger charge is -1.91. The van der Waals surface area contributed by atoms with Crippen molar-refractivity contribution in [2.45, 2.75) is 13.3 Å². The molecule has 3 heteroatoms. The van der Waals surface area contributed by atoms with Crippen molar-refractivity contribution in [3.05, 3.63) is 0 Å². The van der Waals surface area contributed by atoms with E-state index in [0.717, 1.165) is 12.2 Å². The Hall–Kier alpha value is -0.180. The molecule has 2 N–H and O–H groups in total. The zero-order valence-electron chi connectivity index (χ0n) is 5.02. The minimum Gasteiger partial charge on any atom is -0.369 e. The fourth-order valence-electron chi connectivity index (χ4n) is 0.317. The molecule has 0 atom stereocenters. The Balaban J connectivity index is 2.82. The van der Waals surface area contributed by atoms with Crippen LogP contribution < -0.4 is 5.73 Å². The monoisotopic (exact) mass is 133 g/mol. The lowest BCUT2D eigenvalue weighted by atomic mass is 10.6. The fraction of sp³-hybridized carbons (Fsp3) is 0.800. The van der Waals surface area contributed by atoms with E-state index in [1.807, 2.05) is 0 Å². The molecule has 0 aliphatic carbocycles. The van der Waals surface area contributed by atoms with E-state index >= 15 is 0 Å². The molecule has 0 heterocycles. The molecule has 0 aliphatic heterocycles. The van der Waals surface area contributed by atoms with Gasteiger partial charge in [0.15, 0.2) is 0 Å². The first-order valence-electron chi connectivity index (χ1n) is 2.63. The van der Waals surface area contributed by atoms with Crippen LogP contribution in [-0.2, 0) is 4.79 Å². The fourth-order valence-corrected chi connectivity index (χ4v) is 0.951. The van der Waals surface area contributed by atoms with Crippen molar-refractivity contribution in [2.24, 2.45) is 5.73 Å². The average Bonchev–Trinajstić information content (AvgIpc) is 1.66. The lowest BCUT2D eigenvalue weighted by Crippen LogP contribution is -2.13. The summed E-state index contributed by atoms with van der Waals surface area (Å²) in [7, 11) is 0. The van der Waals surface area contributed by atoms with Crippen LogP contribution in [0.15, 0.2) is 0 Å². The Kier molecular flexibility index (Phi) is 4.85. The van der Waals surface area contributed by atoms with E-state index in [9.17, 15) is 4.79 Å². The highest BCUT2D eigenvalue weighted by Gasteiger charge is 1.90. The van der Waals surface area contributed by atoms with Crippen LogP contribution >= 0.6 is 11.8 Å². The summed E-state index contributed by atoms with van der Waals surface area (Å²) >= 11 is 1.59. The molecule has 0 fully saturated rings. The zero-order valence-corrected chi connectivity index (χ0v) is 5.83. The molecule has 0 saturated carbocycles. The van der Waals surface area contributed by atoms with Crippen LogP contribution in [0.4, 0.5) is 0 Å². The van der Waals surface area contributed by atoms with Crippen LogP contribution in [0, 0.1) is 0 Å². The topological polar surface area (TPSA) is 43.1 Å². The predicted octanol–water partition coefficient (Wildman–Crippen LogP) is 0.615. The number of carbonyl (C=O) groups is 1. The van der Waals surface area contributed by atoms with Crippen LogP contribution in [0.1, 0.15) is 13.3 Å². The van der Waals surface area contributed by atoms with Gasteiger partial charge in [0.25, 0.3) is 0 Å². The first-order valence-corrected chi connectivity index (χ1v) is 3.79. The minimum absolute atomic E-state index is 0.219. The van der Waals surface area contributed by atoms with Gasteiger partial charge in [-0.15, -0.1) is 0 Å². The van der Waals surface area contributed by atoms with Crippen LogP contribution in [0.5, 0.6) is 0 Å². The van der Waals surface area contributed by atoms with Gasteiger partial charge in [0, 0.05) is 0 Å². The van der Waals surface area contributed by atoms with Gasteiger partial charge in [-0.3, -0.25) is 4.79 Å². The van der Waals surface area contributed by atoms with Gasteiger partial charge in [0.1, 0.15) is 0 Å². The molecule has 0 aromatic heterocycles. The summed E-state index contributed by atoms with van der Waals surface area (Å²) in [4.78, 5) is 10.1. The van der Waals surface area contributed by atoms with Gasteiger partial charge in [-0.1, -0.05) is 6.92 Å². The summed E-state index contributed by atoms with van der Waals surface area (Å²) in [5.41, 5.74) is 4.87. The van der Waals surface area contributed by atoms with Crippen LogP contribution in [0.25, 0.3) is 0 Å². The van der Waals surface area contributed by atoms with E-state index in [0.29, 0.717) is 5.75 Å². The molecule has 0 rings (SSSR count). The van der Waals surface area contributed by atoms with Crippen molar-refractivity contribution in [2.75, 3.05) is 11.5 Å². The minimum atomic E-state index is -0.219. The molecule has 0 spiro atoms. The molecule has 48 valence electrons. The van der Waals surface area contributed by atoms with Gasteiger partial charge >= 0.3 is 0 Å². The predicted molar refractivity (Wildman–Crippen MR) is 36.8 cm³/mol. The first-order chi connectivity index (χ1) is 3.77. The third-order valence-corrected chi connectivity index (χ3v) is 1.78. The SMILES string of the molecule is CCCSCC(N)=O. The smallest absolute Gasteiger partial charge is 0.227 e. The summed E-state index contributed by atoms with van der Waals surface area (Å²) in [5.74, 6) is 1.28. The average molecular weight is 133 g/mol. The number of rotatable bonds is 4. The van der Waals surface area contributed by atoms with E-state index in [4.69, 9.17) is 5.73 Å². The number of nitrogens with two attached hydrogens (primary N) is 1. The van der Waals surface area contributed by atoms with Crippen molar-refractivity contribution in [3.63, 3.8) is 0 Å². The number of hydrogen-bond acceptors (Lipinski definition) is 2. The molecule has 0 aliphatic rings. The van der Waals surface area contributed by atoms with Gasteiger partial charge in [-0.25, -0.2) is 0 Å². The number of amides is 1. The summed E-state index contributed by atoms with van der Waals surface area (Å²) in [6.07, 6.45) is 1.11. The summed E-state index contributed by atoms with van der Waals surface area (Å²) < 4.78 is 0. The third kappa shape index (κ3) is 5.82. The second kappa shape index (κ2) is 4.97. The highest BCUT2D eigenvalue weighted by molar-refractivity contribution is 7.99. The Morgan fingerprint density at radius 2 is 2.38 bits per heavy atom. The van der Waals surface area contributed by atoms with Crippen molar-refractivity contribution in [1.82, 2.24) is 0 Å². The molecule has 0 bridgehead atoms. The molecular weight excluding hydrogens is 122 g/mol. The molecule has 0 saturated heterocycles. The molecule has 8 heavy (non-hydrogen) atoms. The summed E-state index contributed by atoms with van der Waals surface area (Å²) in [6.45, 7) is 2.08. The van der Waals surface area contributed by atoms with Gasteiger partial charge in [-0.2, -0.15) is 11.8 Å². The molecule has 0 aromatic carbocycles.